The van der Waals surface area contributed by atoms with Gasteiger partial charge in [-0.05, 0) is 13.8 Å². The minimum atomic E-state index is -0.668. The molecule has 0 saturated carbocycles. The Morgan fingerprint density at radius 1 is 1.13 bits per heavy atom. The third-order valence-electron chi connectivity index (χ3n) is 3.34. The van der Waals surface area contributed by atoms with Gasteiger partial charge in [0, 0.05) is 11.1 Å². The molecule has 5 nitrogen and oxygen atoms in total. The van der Waals surface area contributed by atoms with Gasteiger partial charge in [-0.25, -0.2) is 4.79 Å². The normalized spacial score (nSPS) is 14.0. The van der Waals surface area contributed by atoms with Crippen LogP contribution < -0.4 is 3.98 Å². The third-order valence-corrected chi connectivity index (χ3v) is 5.72. The van der Waals surface area contributed by atoms with E-state index in [0.717, 1.165) is 22.7 Å². The Kier molecular flexibility index (Phi) is 4.23. The van der Waals surface area contributed by atoms with E-state index in [1.54, 1.807) is 38.1 Å². The summed E-state index contributed by atoms with van der Waals surface area (Å²) in [6.07, 6.45) is 0. The highest BCUT2D eigenvalue weighted by Gasteiger charge is 2.32. The van der Waals surface area contributed by atoms with Gasteiger partial charge < -0.3 is 4.74 Å². The topological polar surface area (TPSA) is 72.8 Å². The monoisotopic (exact) mass is 347 g/mol. The maximum absolute atomic E-state index is 12.5. The van der Waals surface area contributed by atoms with E-state index in [4.69, 9.17) is 4.74 Å². The highest BCUT2D eigenvalue weighted by molar-refractivity contribution is 7.30. The summed E-state index contributed by atoms with van der Waals surface area (Å²) in [4.78, 5) is 41.8. The third kappa shape index (κ3) is 2.77. The fourth-order valence-corrected chi connectivity index (χ4v) is 4.70. The molecule has 118 valence electrons. The van der Waals surface area contributed by atoms with Crippen molar-refractivity contribution >= 4 is 40.2 Å². The molecule has 1 aromatic heterocycles. The van der Waals surface area contributed by atoms with Crippen LogP contribution in [0.15, 0.2) is 29.3 Å². The second kappa shape index (κ2) is 6.17. The molecule has 1 unspecified atom stereocenters. The van der Waals surface area contributed by atoms with Crippen molar-refractivity contribution in [3.05, 3.63) is 49.1 Å². The molecule has 23 heavy (non-hydrogen) atoms. The van der Waals surface area contributed by atoms with E-state index in [-0.39, 0.29) is 18.2 Å². The molecule has 0 radical (unpaired) electrons. The number of fused-ring (bicyclic) bond motifs is 2. The Morgan fingerprint density at radius 3 is 2.13 bits per heavy atom. The number of esters is 1. The molecule has 0 fully saturated rings. The van der Waals surface area contributed by atoms with Crippen molar-refractivity contribution in [2.24, 2.45) is 4.99 Å². The lowest BCUT2D eigenvalue weighted by atomic mass is 9.93. The molecular formula is C16H13NO4S2. The smallest absolute Gasteiger partial charge is 0.330 e. The van der Waals surface area contributed by atoms with Crippen molar-refractivity contribution in [2.45, 2.75) is 19.9 Å². The Labute approximate surface area is 140 Å². The Morgan fingerprint density at radius 2 is 1.65 bits per heavy atom. The van der Waals surface area contributed by atoms with Crippen LogP contribution in [0.1, 0.15) is 44.3 Å². The SMILES string of the molecule is CCOC(=O)C(C)N=c1sc2c(s1)C(=O)c1ccccc1C2=O. The lowest BCUT2D eigenvalue weighted by molar-refractivity contribution is -0.144. The Balaban J connectivity index is 2.03. The predicted octanol–water partition coefficient (Wildman–Crippen LogP) is 2.44. The predicted molar refractivity (Wildman–Crippen MR) is 87.2 cm³/mol. The zero-order chi connectivity index (χ0) is 16.6. The summed E-state index contributed by atoms with van der Waals surface area (Å²) in [6.45, 7) is 3.64. The molecule has 1 atom stereocenters. The number of ether oxygens (including phenoxy) is 1. The molecule has 3 rings (SSSR count). The Hall–Kier alpha value is -2.12. The molecule has 0 N–H and O–H groups in total. The van der Waals surface area contributed by atoms with Gasteiger partial charge in [-0.3, -0.25) is 14.6 Å². The quantitative estimate of drug-likeness (QED) is 0.682. The first-order chi connectivity index (χ1) is 11.0. The van der Waals surface area contributed by atoms with Crippen LogP contribution in [0.4, 0.5) is 0 Å². The van der Waals surface area contributed by atoms with Gasteiger partial charge in [-0.1, -0.05) is 24.3 Å². The van der Waals surface area contributed by atoms with Crippen molar-refractivity contribution < 1.29 is 19.1 Å². The van der Waals surface area contributed by atoms with E-state index in [1.165, 1.54) is 0 Å². The van der Waals surface area contributed by atoms with Gasteiger partial charge in [0.2, 0.25) is 11.6 Å². The first kappa shape index (κ1) is 15.8. The number of rotatable bonds is 3. The molecule has 2 aromatic rings. The van der Waals surface area contributed by atoms with Gasteiger partial charge in [0.1, 0.15) is 6.04 Å². The standard InChI is InChI=1S/C16H13NO4S2/c1-3-21-15(20)8(2)17-16-22-13-11(18)9-6-4-5-7-10(9)12(19)14(13)23-16/h4-8H,3H2,1-2H3. The number of benzene rings is 1. The van der Waals surface area contributed by atoms with E-state index < -0.39 is 12.0 Å². The van der Waals surface area contributed by atoms with E-state index in [2.05, 4.69) is 4.99 Å². The molecular weight excluding hydrogens is 334 g/mol. The Bertz CT molecular complexity index is 823. The summed E-state index contributed by atoms with van der Waals surface area (Å²) in [5.74, 6) is -0.754. The molecule has 1 aliphatic carbocycles. The molecule has 0 amide bonds. The summed E-state index contributed by atoms with van der Waals surface area (Å²) in [6, 6.07) is 6.11. The van der Waals surface area contributed by atoms with Gasteiger partial charge >= 0.3 is 5.97 Å². The van der Waals surface area contributed by atoms with Crippen LogP contribution in [-0.4, -0.2) is 30.2 Å². The van der Waals surface area contributed by atoms with Gasteiger partial charge in [0.25, 0.3) is 0 Å². The van der Waals surface area contributed by atoms with E-state index in [1.807, 2.05) is 0 Å². The average Bonchev–Trinajstić information content (AvgIpc) is 2.97. The number of hydrogen-bond donors (Lipinski definition) is 0. The summed E-state index contributed by atoms with van der Waals surface area (Å²) in [5.41, 5.74) is 0.841. The van der Waals surface area contributed by atoms with E-state index in [9.17, 15) is 14.4 Å². The highest BCUT2D eigenvalue weighted by atomic mass is 32.2. The zero-order valence-electron chi connectivity index (χ0n) is 12.5. The molecule has 0 aliphatic heterocycles. The van der Waals surface area contributed by atoms with Crippen LogP contribution in [0.3, 0.4) is 0 Å². The van der Waals surface area contributed by atoms with Crippen molar-refractivity contribution in [1.82, 2.24) is 0 Å². The second-order valence-electron chi connectivity index (χ2n) is 4.89. The lowest BCUT2D eigenvalue weighted by Gasteiger charge is -2.12. The lowest BCUT2D eigenvalue weighted by Crippen LogP contribution is -2.19. The molecule has 0 spiro atoms. The van der Waals surface area contributed by atoms with Crippen LogP contribution in [0.25, 0.3) is 0 Å². The van der Waals surface area contributed by atoms with Crippen LogP contribution in [0, 0.1) is 0 Å². The second-order valence-corrected chi connectivity index (χ2v) is 7.15. The van der Waals surface area contributed by atoms with Gasteiger partial charge in [0.05, 0.1) is 16.4 Å². The van der Waals surface area contributed by atoms with Crippen molar-refractivity contribution in [3.8, 4) is 0 Å². The van der Waals surface area contributed by atoms with Crippen molar-refractivity contribution in [3.63, 3.8) is 0 Å². The molecule has 0 saturated heterocycles. The first-order valence-electron chi connectivity index (χ1n) is 7.05. The average molecular weight is 347 g/mol. The number of ketones is 2. The molecule has 1 aromatic carbocycles. The maximum Gasteiger partial charge on any atom is 0.330 e. The van der Waals surface area contributed by atoms with Crippen LogP contribution in [0.2, 0.25) is 0 Å². The summed E-state index contributed by atoms with van der Waals surface area (Å²) in [7, 11) is 0. The fourth-order valence-electron chi connectivity index (χ4n) is 2.24. The van der Waals surface area contributed by atoms with Gasteiger partial charge in [0.15, 0.2) is 3.98 Å². The fraction of sp³-hybridized carbons (Fsp3) is 0.250. The molecule has 7 heteroatoms. The molecule has 1 heterocycles. The van der Waals surface area contributed by atoms with E-state index in [0.29, 0.717) is 24.9 Å². The van der Waals surface area contributed by atoms with Gasteiger partial charge in [-0.15, -0.1) is 22.7 Å². The summed E-state index contributed by atoms with van der Waals surface area (Å²) >= 11 is 2.30. The number of nitrogens with zero attached hydrogens (tertiary/aromatic N) is 1. The van der Waals surface area contributed by atoms with Crippen molar-refractivity contribution in [2.75, 3.05) is 6.61 Å². The largest absolute Gasteiger partial charge is 0.464 e. The summed E-state index contributed by atoms with van der Waals surface area (Å²) < 4.78 is 5.43. The van der Waals surface area contributed by atoms with Crippen molar-refractivity contribution in [1.29, 1.82) is 0 Å². The summed E-state index contributed by atoms with van der Waals surface area (Å²) in [5, 5.41) is 0. The van der Waals surface area contributed by atoms with Crippen LogP contribution in [0.5, 0.6) is 0 Å². The van der Waals surface area contributed by atoms with Gasteiger partial charge in [-0.2, -0.15) is 0 Å². The number of hydrogen-bond acceptors (Lipinski definition) is 7. The minimum absolute atomic E-state index is 0.165. The first-order valence-corrected chi connectivity index (χ1v) is 8.69. The molecule has 1 aliphatic rings. The highest BCUT2D eigenvalue weighted by Crippen LogP contribution is 2.31. The van der Waals surface area contributed by atoms with Crippen LogP contribution in [-0.2, 0) is 9.53 Å². The van der Waals surface area contributed by atoms with E-state index >= 15 is 0 Å². The number of carbonyl (C=O) groups is 3. The number of carbonyl (C=O) groups excluding carboxylic acids is 3. The zero-order valence-corrected chi connectivity index (χ0v) is 14.1. The van der Waals surface area contributed by atoms with Crippen LogP contribution >= 0.6 is 22.7 Å². The maximum atomic E-state index is 12.5. The minimum Gasteiger partial charge on any atom is -0.464 e. The molecule has 0 bridgehead atoms.